The van der Waals surface area contributed by atoms with Crippen LogP contribution in [0.5, 0.6) is 5.75 Å². The number of nitrogens with zero attached hydrogens (tertiary/aromatic N) is 3. The van der Waals surface area contributed by atoms with Crippen molar-refractivity contribution in [2.45, 2.75) is 44.7 Å². The molecule has 0 saturated carbocycles. The molecule has 5 rings (SSSR count). The van der Waals surface area contributed by atoms with Gasteiger partial charge >= 0.3 is 0 Å². The summed E-state index contributed by atoms with van der Waals surface area (Å²) >= 11 is 0. The Morgan fingerprint density at radius 3 is 2.37 bits per heavy atom. The standard InChI is InChI=1S/C26H33N3O/c1-27-24-10-11-26(30)23(22(24)18-25(27)20-8-4-2-5-9-20)19-28-16-12-21(13-17-28)29-14-6-3-7-15-29/h2,4-5,8-11,18,21,30H,3,6-7,12-17,19H2,1H3. The zero-order valence-electron chi connectivity index (χ0n) is 18.1. The molecule has 0 aliphatic carbocycles. The minimum Gasteiger partial charge on any atom is -0.508 e. The molecule has 4 nitrogen and oxygen atoms in total. The Morgan fingerprint density at radius 1 is 0.900 bits per heavy atom. The van der Waals surface area contributed by atoms with Crippen LogP contribution in [0.1, 0.15) is 37.7 Å². The molecule has 0 bridgehead atoms. The van der Waals surface area contributed by atoms with E-state index in [2.05, 4.69) is 57.8 Å². The molecule has 4 heteroatoms. The van der Waals surface area contributed by atoms with Gasteiger partial charge in [0.1, 0.15) is 5.75 Å². The van der Waals surface area contributed by atoms with Gasteiger partial charge in [0.05, 0.1) is 0 Å². The van der Waals surface area contributed by atoms with E-state index in [-0.39, 0.29) is 0 Å². The van der Waals surface area contributed by atoms with Crippen LogP contribution in [0, 0.1) is 0 Å². The fourth-order valence-corrected chi connectivity index (χ4v) is 5.46. The lowest BCUT2D eigenvalue weighted by molar-refractivity contribution is 0.0895. The zero-order valence-corrected chi connectivity index (χ0v) is 18.1. The maximum Gasteiger partial charge on any atom is 0.120 e. The molecule has 158 valence electrons. The second kappa shape index (κ2) is 8.44. The molecule has 3 heterocycles. The highest BCUT2D eigenvalue weighted by Crippen LogP contribution is 2.34. The highest BCUT2D eigenvalue weighted by atomic mass is 16.3. The van der Waals surface area contributed by atoms with Crippen molar-refractivity contribution < 1.29 is 5.11 Å². The molecule has 0 unspecified atom stereocenters. The van der Waals surface area contributed by atoms with E-state index in [1.807, 2.05) is 12.1 Å². The van der Waals surface area contributed by atoms with Gasteiger partial charge in [0.2, 0.25) is 0 Å². The molecule has 0 atom stereocenters. The quantitative estimate of drug-likeness (QED) is 0.665. The summed E-state index contributed by atoms with van der Waals surface area (Å²) in [5.41, 5.74) is 4.66. The van der Waals surface area contributed by atoms with Crippen LogP contribution in [0.15, 0.2) is 48.5 Å². The minimum atomic E-state index is 0.422. The molecular formula is C26H33N3O. The molecule has 1 aromatic heterocycles. The van der Waals surface area contributed by atoms with E-state index < -0.39 is 0 Å². The first-order valence-corrected chi connectivity index (χ1v) is 11.5. The smallest absolute Gasteiger partial charge is 0.120 e. The van der Waals surface area contributed by atoms with Gasteiger partial charge in [-0.05, 0) is 75.6 Å². The summed E-state index contributed by atoms with van der Waals surface area (Å²) in [5.74, 6) is 0.422. The molecule has 2 aliphatic rings. The van der Waals surface area contributed by atoms with Crippen LogP contribution in [0.3, 0.4) is 0 Å². The van der Waals surface area contributed by atoms with Crippen LogP contribution in [-0.4, -0.2) is 51.7 Å². The Hall–Kier alpha value is -2.30. The highest BCUT2D eigenvalue weighted by Gasteiger charge is 2.26. The monoisotopic (exact) mass is 403 g/mol. The first-order chi connectivity index (χ1) is 14.7. The Balaban J connectivity index is 1.36. The number of phenols is 1. The number of aromatic hydroxyl groups is 1. The second-order valence-electron chi connectivity index (χ2n) is 9.05. The summed E-state index contributed by atoms with van der Waals surface area (Å²) in [6, 6.07) is 17.4. The highest BCUT2D eigenvalue weighted by molar-refractivity contribution is 5.91. The number of phenolic OH excluding ortho intramolecular Hbond substituents is 1. The Bertz CT molecular complexity index is 996. The van der Waals surface area contributed by atoms with Gasteiger partial charge in [0.15, 0.2) is 0 Å². The maximum atomic E-state index is 10.7. The van der Waals surface area contributed by atoms with E-state index in [4.69, 9.17) is 0 Å². The molecular weight excluding hydrogens is 370 g/mol. The first-order valence-electron chi connectivity index (χ1n) is 11.5. The van der Waals surface area contributed by atoms with Crippen LogP contribution in [0.25, 0.3) is 22.2 Å². The van der Waals surface area contributed by atoms with Crippen molar-refractivity contribution in [3.8, 4) is 17.0 Å². The largest absolute Gasteiger partial charge is 0.508 e. The number of hydrogen-bond acceptors (Lipinski definition) is 3. The lowest BCUT2D eigenvalue weighted by Gasteiger charge is -2.40. The maximum absolute atomic E-state index is 10.7. The van der Waals surface area contributed by atoms with Crippen molar-refractivity contribution in [1.29, 1.82) is 0 Å². The summed E-state index contributed by atoms with van der Waals surface area (Å²) in [6.45, 7) is 5.65. The van der Waals surface area contributed by atoms with Crippen molar-refractivity contribution in [2.24, 2.45) is 7.05 Å². The Kier molecular flexibility index (Phi) is 5.53. The number of fused-ring (bicyclic) bond motifs is 1. The summed E-state index contributed by atoms with van der Waals surface area (Å²) in [4.78, 5) is 5.26. The van der Waals surface area contributed by atoms with Crippen LogP contribution in [-0.2, 0) is 13.6 Å². The second-order valence-corrected chi connectivity index (χ2v) is 9.05. The van der Waals surface area contributed by atoms with Crippen LogP contribution in [0.4, 0.5) is 0 Å². The van der Waals surface area contributed by atoms with Crippen molar-refractivity contribution >= 4 is 10.9 Å². The van der Waals surface area contributed by atoms with Gasteiger partial charge in [-0.3, -0.25) is 4.90 Å². The Morgan fingerprint density at radius 2 is 1.63 bits per heavy atom. The van der Waals surface area contributed by atoms with E-state index in [1.165, 1.54) is 67.4 Å². The van der Waals surface area contributed by atoms with Gasteiger partial charge in [-0.1, -0.05) is 36.8 Å². The Labute approximate surface area is 179 Å². The summed E-state index contributed by atoms with van der Waals surface area (Å²) < 4.78 is 2.25. The van der Waals surface area contributed by atoms with Crippen LogP contribution in [0.2, 0.25) is 0 Å². The van der Waals surface area contributed by atoms with Gasteiger partial charge in [-0.15, -0.1) is 0 Å². The number of rotatable bonds is 4. The lowest BCUT2D eigenvalue weighted by Crippen LogP contribution is -2.46. The summed E-state index contributed by atoms with van der Waals surface area (Å²) in [7, 11) is 2.12. The fourth-order valence-electron chi connectivity index (χ4n) is 5.46. The minimum absolute atomic E-state index is 0.422. The lowest BCUT2D eigenvalue weighted by atomic mass is 9.99. The van der Waals surface area contributed by atoms with E-state index in [1.54, 1.807) is 0 Å². The van der Waals surface area contributed by atoms with Crippen molar-refractivity contribution in [3.05, 3.63) is 54.1 Å². The fraction of sp³-hybridized carbons (Fsp3) is 0.462. The van der Waals surface area contributed by atoms with Gasteiger partial charge in [0.25, 0.3) is 0 Å². The van der Waals surface area contributed by atoms with Crippen molar-refractivity contribution in [1.82, 2.24) is 14.4 Å². The third-order valence-corrected chi connectivity index (χ3v) is 7.23. The number of benzene rings is 2. The van der Waals surface area contributed by atoms with Gasteiger partial charge in [-0.25, -0.2) is 0 Å². The molecule has 2 saturated heterocycles. The van der Waals surface area contributed by atoms with Crippen LogP contribution < -0.4 is 0 Å². The predicted octanol–water partition coefficient (Wildman–Crippen LogP) is 5.00. The number of likely N-dealkylation sites (tertiary alicyclic amines) is 2. The summed E-state index contributed by atoms with van der Waals surface area (Å²) in [6.07, 6.45) is 6.64. The number of hydrogen-bond donors (Lipinski definition) is 1. The molecule has 3 aromatic rings. The molecule has 2 fully saturated rings. The zero-order chi connectivity index (χ0) is 20.5. The average Bonchev–Trinajstić information content (AvgIpc) is 3.14. The summed E-state index contributed by atoms with van der Waals surface area (Å²) in [5, 5.41) is 11.9. The van der Waals surface area contributed by atoms with Gasteiger partial charge in [-0.2, -0.15) is 0 Å². The normalized spacial score (nSPS) is 19.5. The first kappa shape index (κ1) is 19.7. The molecule has 0 radical (unpaired) electrons. The van der Waals surface area contributed by atoms with E-state index in [0.29, 0.717) is 5.75 Å². The molecule has 2 aromatic carbocycles. The average molecular weight is 404 g/mol. The topological polar surface area (TPSA) is 31.6 Å². The van der Waals surface area contributed by atoms with E-state index >= 15 is 0 Å². The molecule has 1 N–H and O–H groups in total. The molecule has 0 spiro atoms. The third-order valence-electron chi connectivity index (χ3n) is 7.23. The third kappa shape index (κ3) is 3.75. The van der Waals surface area contributed by atoms with Gasteiger partial charge in [0, 0.05) is 41.8 Å². The number of aryl methyl sites for hydroxylation is 1. The number of aromatic nitrogens is 1. The van der Waals surface area contributed by atoms with E-state index in [0.717, 1.165) is 31.2 Å². The van der Waals surface area contributed by atoms with E-state index in [9.17, 15) is 5.11 Å². The van der Waals surface area contributed by atoms with Crippen LogP contribution >= 0.6 is 0 Å². The van der Waals surface area contributed by atoms with Crippen molar-refractivity contribution in [2.75, 3.05) is 26.2 Å². The predicted molar refractivity (Wildman–Crippen MR) is 124 cm³/mol. The van der Waals surface area contributed by atoms with Gasteiger partial charge < -0.3 is 14.6 Å². The molecule has 0 amide bonds. The molecule has 30 heavy (non-hydrogen) atoms. The van der Waals surface area contributed by atoms with Crippen molar-refractivity contribution in [3.63, 3.8) is 0 Å². The molecule has 2 aliphatic heterocycles. The SMILES string of the molecule is Cn1c(-c2ccccc2)cc2c(CN3CCC(N4CCCCC4)CC3)c(O)ccc21. The number of piperidine rings is 2.